The number of carboxylic acid groups (broad SMARTS) is 1. The molecule has 0 aromatic carbocycles. The van der Waals surface area contributed by atoms with Crippen LogP contribution < -0.4 is 0 Å². The third-order valence-electron chi connectivity index (χ3n) is 3.39. The molecule has 0 aliphatic carbocycles. The lowest BCUT2D eigenvalue weighted by Crippen LogP contribution is -2.36. The molecule has 0 aliphatic heterocycles. The first kappa shape index (κ1) is 18.9. The third-order valence-corrected chi connectivity index (χ3v) is 3.39. The van der Waals surface area contributed by atoms with Crippen molar-refractivity contribution >= 4 is 11.9 Å². The van der Waals surface area contributed by atoms with Gasteiger partial charge in [-0.05, 0) is 39.5 Å². The minimum atomic E-state index is -0.898. The molecule has 1 N–H and O–H groups in total. The van der Waals surface area contributed by atoms with Crippen LogP contribution in [0.4, 0.5) is 0 Å². The van der Waals surface area contributed by atoms with E-state index in [1.807, 2.05) is 13.8 Å². The van der Waals surface area contributed by atoms with E-state index in [9.17, 15) is 14.7 Å². The zero-order chi connectivity index (χ0) is 15.9. The van der Waals surface area contributed by atoms with E-state index >= 15 is 0 Å². The molecule has 118 valence electrons. The van der Waals surface area contributed by atoms with Gasteiger partial charge in [-0.1, -0.05) is 33.6 Å². The van der Waals surface area contributed by atoms with Gasteiger partial charge in [-0.15, -0.1) is 0 Å². The van der Waals surface area contributed by atoms with Crippen molar-refractivity contribution in [2.24, 2.45) is 17.8 Å². The molecular formula is C16H30O4. The number of ether oxygens (including phenoxy) is 1. The third kappa shape index (κ3) is 6.92. The SMILES string of the molecule is CCCC(C)C[C@@H](C(=O)O)C(CC)C(=O)OC(C)(C)C. The summed E-state index contributed by atoms with van der Waals surface area (Å²) in [6, 6.07) is 0. The Hall–Kier alpha value is -1.06. The number of aliphatic carboxylic acids is 1. The molecule has 4 heteroatoms. The number of carbonyl (C=O) groups excluding carboxylic acids is 1. The Morgan fingerprint density at radius 1 is 1.15 bits per heavy atom. The number of carbonyl (C=O) groups is 2. The highest BCUT2D eigenvalue weighted by molar-refractivity contribution is 5.81. The van der Waals surface area contributed by atoms with E-state index in [-0.39, 0.29) is 0 Å². The number of carboxylic acids is 1. The number of esters is 1. The van der Waals surface area contributed by atoms with Crippen LogP contribution in [0.5, 0.6) is 0 Å². The average molecular weight is 286 g/mol. The summed E-state index contributed by atoms with van der Waals surface area (Å²) in [5.41, 5.74) is -0.581. The molecule has 0 rings (SSSR count). The molecule has 3 atom stereocenters. The fourth-order valence-corrected chi connectivity index (χ4v) is 2.47. The monoisotopic (exact) mass is 286 g/mol. The first-order valence-corrected chi connectivity index (χ1v) is 7.58. The minimum absolute atomic E-state index is 0.303. The minimum Gasteiger partial charge on any atom is -0.481 e. The lowest BCUT2D eigenvalue weighted by Gasteiger charge is -2.28. The highest BCUT2D eigenvalue weighted by Crippen LogP contribution is 2.28. The quantitative estimate of drug-likeness (QED) is 0.688. The van der Waals surface area contributed by atoms with Crippen molar-refractivity contribution in [3.63, 3.8) is 0 Å². The van der Waals surface area contributed by atoms with Gasteiger partial charge in [0, 0.05) is 0 Å². The van der Waals surface area contributed by atoms with Crippen LogP contribution in [0.2, 0.25) is 0 Å². The topological polar surface area (TPSA) is 63.6 Å². The van der Waals surface area contributed by atoms with Crippen molar-refractivity contribution in [1.82, 2.24) is 0 Å². The summed E-state index contributed by atoms with van der Waals surface area (Å²) in [6.45, 7) is 11.4. The van der Waals surface area contributed by atoms with E-state index < -0.39 is 29.4 Å². The van der Waals surface area contributed by atoms with Crippen LogP contribution >= 0.6 is 0 Å². The van der Waals surface area contributed by atoms with Crippen molar-refractivity contribution in [2.75, 3.05) is 0 Å². The Balaban J connectivity index is 4.92. The molecule has 0 aliphatic rings. The van der Waals surface area contributed by atoms with E-state index in [1.165, 1.54) is 0 Å². The van der Waals surface area contributed by atoms with Crippen LogP contribution in [0.1, 0.15) is 67.2 Å². The Bertz CT molecular complexity index is 317. The molecule has 0 spiro atoms. The zero-order valence-corrected chi connectivity index (χ0v) is 13.7. The number of hydrogen-bond donors (Lipinski definition) is 1. The molecule has 0 aromatic rings. The fourth-order valence-electron chi connectivity index (χ4n) is 2.47. The molecular weight excluding hydrogens is 256 g/mol. The summed E-state index contributed by atoms with van der Waals surface area (Å²) < 4.78 is 5.36. The summed E-state index contributed by atoms with van der Waals surface area (Å²) >= 11 is 0. The molecule has 0 saturated heterocycles. The van der Waals surface area contributed by atoms with Gasteiger partial charge in [-0.3, -0.25) is 9.59 Å². The van der Waals surface area contributed by atoms with E-state index in [0.717, 1.165) is 12.8 Å². The van der Waals surface area contributed by atoms with E-state index in [2.05, 4.69) is 6.92 Å². The second-order valence-corrected chi connectivity index (χ2v) is 6.62. The summed E-state index contributed by atoms with van der Waals surface area (Å²) in [6.07, 6.45) is 3.02. The Morgan fingerprint density at radius 2 is 1.70 bits per heavy atom. The molecule has 0 saturated carbocycles. The maximum Gasteiger partial charge on any atom is 0.310 e. The van der Waals surface area contributed by atoms with E-state index in [0.29, 0.717) is 18.8 Å². The second kappa shape index (κ2) is 8.28. The van der Waals surface area contributed by atoms with Crippen molar-refractivity contribution in [2.45, 2.75) is 72.8 Å². The average Bonchev–Trinajstić information content (AvgIpc) is 2.26. The normalized spacial score (nSPS) is 16.3. The van der Waals surface area contributed by atoms with Gasteiger partial charge < -0.3 is 9.84 Å². The fraction of sp³-hybridized carbons (Fsp3) is 0.875. The summed E-state index contributed by atoms with van der Waals surface area (Å²) in [5, 5.41) is 9.43. The molecule has 0 radical (unpaired) electrons. The predicted octanol–water partition coefficient (Wildman–Crippen LogP) is 3.88. The van der Waals surface area contributed by atoms with Crippen molar-refractivity contribution in [1.29, 1.82) is 0 Å². The van der Waals surface area contributed by atoms with Crippen molar-refractivity contribution < 1.29 is 19.4 Å². The van der Waals surface area contributed by atoms with Crippen LogP contribution in [-0.2, 0) is 14.3 Å². The van der Waals surface area contributed by atoms with Crippen LogP contribution in [0.15, 0.2) is 0 Å². The largest absolute Gasteiger partial charge is 0.481 e. The van der Waals surface area contributed by atoms with Crippen LogP contribution in [0.25, 0.3) is 0 Å². The van der Waals surface area contributed by atoms with Gasteiger partial charge in [-0.25, -0.2) is 0 Å². The van der Waals surface area contributed by atoms with Crippen molar-refractivity contribution in [3.8, 4) is 0 Å². The molecule has 0 fully saturated rings. The molecule has 0 aromatic heterocycles. The van der Waals surface area contributed by atoms with Gasteiger partial charge in [0.25, 0.3) is 0 Å². The van der Waals surface area contributed by atoms with E-state index in [4.69, 9.17) is 4.74 Å². The second-order valence-electron chi connectivity index (χ2n) is 6.62. The summed E-state index contributed by atoms with van der Waals surface area (Å²) in [7, 11) is 0. The highest BCUT2D eigenvalue weighted by Gasteiger charge is 2.36. The summed E-state index contributed by atoms with van der Waals surface area (Å²) in [5.74, 6) is -2.21. The highest BCUT2D eigenvalue weighted by atomic mass is 16.6. The Labute approximate surface area is 122 Å². The van der Waals surface area contributed by atoms with Gasteiger partial charge in [-0.2, -0.15) is 0 Å². The van der Waals surface area contributed by atoms with Gasteiger partial charge in [0.1, 0.15) is 5.60 Å². The first-order chi connectivity index (χ1) is 9.12. The predicted molar refractivity (Wildman–Crippen MR) is 79.4 cm³/mol. The lowest BCUT2D eigenvalue weighted by atomic mass is 9.82. The van der Waals surface area contributed by atoms with Gasteiger partial charge in [0.05, 0.1) is 11.8 Å². The van der Waals surface area contributed by atoms with Gasteiger partial charge in [0.2, 0.25) is 0 Å². The molecule has 0 heterocycles. The summed E-state index contributed by atoms with van der Waals surface area (Å²) in [4.78, 5) is 23.7. The molecule has 20 heavy (non-hydrogen) atoms. The standard InChI is InChI=1S/C16H30O4/c1-7-9-11(3)10-13(14(17)18)12(8-2)15(19)20-16(4,5)6/h11-13H,7-10H2,1-6H3,(H,17,18)/t11?,12?,13-/m1/s1. The lowest BCUT2D eigenvalue weighted by molar-refractivity contribution is -0.167. The van der Waals surface area contributed by atoms with Gasteiger partial charge >= 0.3 is 11.9 Å². The maximum atomic E-state index is 12.2. The Morgan fingerprint density at radius 3 is 2.05 bits per heavy atom. The Kier molecular flexibility index (Phi) is 7.84. The van der Waals surface area contributed by atoms with E-state index in [1.54, 1.807) is 20.8 Å². The smallest absolute Gasteiger partial charge is 0.310 e. The van der Waals surface area contributed by atoms with Gasteiger partial charge in [0.15, 0.2) is 0 Å². The number of hydrogen-bond acceptors (Lipinski definition) is 3. The number of rotatable bonds is 8. The van der Waals surface area contributed by atoms with Crippen LogP contribution in [0.3, 0.4) is 0 Å². The molecule has 0 amide bonds. The molecule has 2 unspecified atom stereocenters. The maximum absolute atomic E-state index is 12.2. The molecule has 0 bridgehead atoms. The van der Waals surface area contributed by atoms with Crippen LogP contribution in [0, 0.1) is 17.8 Å². The zero-order valence-electron chi connectivity index (χ0n) is 13.7. The first-order valence-electron chi connectivity index (χ1n) is 7.58. The van der Waals surface area contributed by atoms with Crippen molar-refractivity contribution in [3.05, 3.63) is 0 Å². The van der Waals surface area contributed by atoms with Crippen LogP contribution in [-0.4, -0.2) is 22.6 Å². The molecule has 4 nitrogen and oxygen atoms in total.